The summed E-state index contributed by atoms with van der Waals surface area (Å²) in [7, 11) is -1.97. The van der Waals surface area contributed by atoms with Crippen LogP contribution in [0.25, 0.3) is 0 Å². The summed E-state index contributed by atoms with van der Waals surface area (Å²) >= 11 is 3.28. The van der Waals surface area contributed by atoms with Crippen molar-refractivity contribution in [3.63, 3.8) is 0 Å². The minimum Gasteiger partial charge on any atom is -0.496 e. The fourth-order valence-corrected chi connectivity index (χ4v) is 2.97. The zero-order valence-electron chi connectivity index (χ0n) is 10.0. The van der Waals surface area contributed by atoms with Crippen molar-refractivity contribution in [2.45, 2.75) is 31.2 Å². The highest BCUT2D eigenvalue weighted by Gasteiger charge is 2.17. The number of sulfonamides is 1. The number of nitrogens with one attached hydrogen (secondary N) is 1. The van der Waals surface area contributed by atoms with E-state index in [0.29, 0.717) is 5.75 Å². The lowest BCUT2D eigenvalue weighted by Gasteiger charge is -2.13. The predicted octanol–water partition coefficient (Wildman–Crippen LogP) is 2.53. The normalized spacial score (nSPS) is 13.4. The molecule has 0 saturated heterocycles. The van der Waals surface area contributed by atoms with Crippen molar-refractivity contribution < 1.29 is 13.2 Å². The molecule has 6 heteroatoms. The monoisotopic (exact) mass is 321 g/mol. The molecule has 1 aromatic carbocycles. The first-order chi connectivity index (χ1) is 7.90. The van der Waals surface area contributed by atoms with E-state index in [0.717, 1.165) is 10.9 Å². The van der Waals surface area contributed by atoms with E-state index in [2.05, 4.69) is 20.7 Å². The lowest BCUT2D eigenvalue weighted by atomic mass is 10.3. The summed E-state index contributed by atoms with van der Waals surface area (Å²) in [6.45, 7) is 3.75. The standard InChI is InChI=1S/C11H16BrNO3S/c1-4-8(2)13-17(14,15)9-5-6-10(12)11(7-9)16-3/h5-8,13H,4H2,1-3H3/t8-/m1/s1. The lowest BCUT2D eigenvalue weighted by Crippen LogP contribution is -2.31. The molecular weight excluding hydrogens is 306 g/mol. The summed E-state index contributed by atoms with van der Waals surface area (Å²) in [6.07, 6.45) is 0.743. The maximum atomic E-state index is 12.0. The zero-order valence-corrected chi connectivity index (χ0v) is 12.4. The molecule has 0 saturated carbocycles. The minimum absolute atomic E-state index is 0.0883. The summed E-state index contributed by atoms with van der Waals surface area (Å²) in [4.78, 5) is 0.206. The van der Waals surface area contributed by atoms with E-state index in [-0.39, 0.29) is 10.9 Å². The third kappa shape index (κ3) is 3.69. The summed E-state index contributed by atoms with van der Waals surface area (Å²) in [6, 6.07) is 4.60. The van der Waals surface area contributed by atoms with E-state index >= 15 is 0 Å². The Morgan fingerprint density at radius 2 is 2.12 bits per heavy atom. The molecule has 1 N–H and O–H groups in total. The molecule has 4 nitrogen and oxygen atoms in total. The highest BCUT2D eigenvalue weighted by Crippen LogP contribution is 2.27. The largest absolute Gasteiger partial charge is 0.496 e. The Morgan fingerprint density at radius 3 is 2.65 bits per heavy atom. The molecule has 0 aliphatic carbocycles. The van der Waals surface area contributed by atoms with Gasteiger partial charge in [-0.1, -0.05) is 6.92 Å². The second-order valence-electron chi connectivity index (χ2n) is 3.73. The molecule has 0 radical (unpaired) electrons. The Morgan fingerprint density at radius 1 is 1.47 bits per heavy atom. The molecule has 96 valence electrons. The van der Waals surface area contributed by atoms with E-state index in [9.17, 15) is 8.42 Å². The van der Waals surface area contributed by atoms with Gasteiger partial charge in [-0.05, 0) is 41.4 Å². The molecule has 1 rings (SSSR count). The first kappa shape index (κ1) is 14.5. The van der Waals surface area contributed by atoms with Crippen LogP contribution in [0.5, 0.6) is 5.75 Å². The van der Waals surface area contributed by atoms with Crippen LogP contribution < -0.4 is 9.46 Å². The molecule has 0 aliphatic rings. The van der Waals surface area contributed by atoms with E-state index in [4.69, 9.17) is 4.74 Å². The Kier molecular flexibility index (Phi) is 4.97. The van der Waals surface area contributed by atoms with Gasteiger partial charge in [0.1, 0.15) is 5.75 Å². The fourth-order valence-electron chi connectivity index (χ4n) is 1.22. The molecule has 0 spiro atoms. The van der Waals surface area contributed by atoms with Crippen molar-refractivity contribution >= 4 is 26.0 Å². The van der Waals surface area contributed by atoms with Crippen molar-refractivity contribution in [1.82, 2.24) is 4.72 Å². The van der Waals surface area contributed by atoms with Crippen LogP contribution in [-0.2, 0) is 10.0 Å². The van der Waals surface area contributed by atoms with Gasteiger partial charge in [0.2, 0.25) is 10.0 Å². The van der Waals surface area contributed by atoms with Crippen LogP contribution in [0.15, 0.2) is 27.6 Å². The molecule has 0 aliphatic heterocycles. The highest BCUT2D eigenvalue weighted by molar-refractivity contribution is 9.10. The van der Waals surface area contributed by atoms with Crippen molar-refractivity contribution in [2.75, 3.05) is 7.11 Å². The molecule has 0 fully saturated rings. The molecule has 0 unspecified atom stereocenters. The summed E-state index contributed by atoms with van der Waals surface area (Å²) in [5.41, 5.74) is 0. The van der Waals surface area contributed by atoms with Crippen molar-refractivity contribution in [3.8, 4) is 5.75 Å². The van der Waals surface area contributed by atoms with E-state index < -0.39 is 10.0 Å². The van der Waals surface area contributed by atoms with Gasteiger partial charge in [0.15, 0.2) is 0 Å². The molecule has 0 aromatic heterocycles. The van der Waals surface area contributed by atoms with Crippen LogP contribution >= 0.6 is 15.9 Å². The third-order valence-corrected chi connectivity index (χ3v) is 4.64. The number of ether oxygens (including phenoxy) is 1. The Balaban J connectivity index is 3.07. The van der Waals surface area contributed by atoms with Crippen LogP contribution in [0, 0.1) is 0 Å². The second-order valence-corrected chi connectivity index (χ2v) is 6.30. The van der Waals surface area contributed by atoms with Crippen LogP contribution in [0.3, 0.4) is 0 Å². The molecule has 17 heavy (non-hydrogen) atoms. The number of benzene rings is 1. The van der Waals surface area contributed by atoms with Crippen molar-refractivity contribution in [2.24, 2.45) is 0 Å². The van der Waals surface area contributed by atoms with Crippen molar-refractivity contribution in [3.05, 3.63) is 22.7 Å². The molecule has 0 heterocycles. The topological polar surface area (TPSA) is 55.4 Å². The van der Waals surface area contributed by atoms with Crippen LogP contribution in [0.2, 0.25) is 0 Å². The number of hydrogen-bond donors (Lipinski definition) is 1. The summed E-state index contributed by atoms with van der Waals surface area (Å²) in [5.74, 6) is 0.497. The number of hydrogen-bond acceptors (Lipinski definition) is 3. The van der Waals surface area contributed by atoms with Crippen LogP contribution in [-0.4, -0.2) is 21.6 Å². The van der Waals surface area contributed by atoms with Gasteiger partial charge in [-0.25, -0.2) is 13.1 Å². The maximum Gasteiger partial charge on any atom is 0.240 e. The van der Waals surface area contributed by atoms with Gasteiger partial charge in [-0.15, -0.1) is 0 Å². The zero-order chi connectivity index (χ0) is 13.1. The van der Waals surface area contributed by atoms with Gasteiger partial charge in [0.05, 0.1) is 16.5 Å². The van der Waals surface area contributed by atoms with E-state index in [1.165, 1.54) is 19.2 Å². The molecule has 1 atom stereocenters. The average molecular weight is 322 g/mol. The number of rotatable bonds is 5. The molecular formula is C11H16BrNO3S. The molecule has 0 amide bonds. The van der Waals surface area contributed by atoms with Gasteiger partial charge >= 0.3 is 0 Å². The highest BCUT2D eigenvalue weighted by atomic mass is 79.9. The predicted molar refractivity (Wildman–Crippen MR) is 70.8 cm³/mol. The Hall–Kier alpha value is -0.590. The maximum absolute atomic E-state index is 12.0. The van der Waals surface area contributed by atoms with E-state index in [1.54, 1.807) is 6.07 Å². The van der Waals surface area contributed by atoms with Gasteiger partial charge in [-0.2, -0.15) is 0 Å². The first-order valence-corrected chi connectivity index (χ1v) is 7.54. The van der Waals surface area contributed by atoms with Crippen LogP contribution in [0.4, 0.5) is 0 Å². The smallest absolute Gasteiger partial charge is 0.240 e. The average Bonchev–Trinajstić information content (AvgIpc) is 2.28. The minimum atomic E-state index is -3.47. The van der Waals surface area contributed by atoms with Gasteiger partial charge in [0, 0.05) is 12.1 Å². The van der Waals surface area contributed by atoms with Crippen molar-refractivity contribution in [1.29, 1.82) is 0 Å². The fraction of sp³-hybridized carbons (Fsp3) is 0.455. The molecule has 1 aromatic rings. The SMILES string of the molecule is CC[C@@H](C)NS(=O)(=O)c1ccc(Br)c(OC)c1. The third-order valence-electron chi connectivity index (χ3n) is 2.40. The van der Waals surface area contributed by atoms with Gasteiger partial charge in [0.25, 0.3) is 0 Å². The lowest BCUT2D eigenvalue weighted by molar-refractivity contribution is 0.410. The van der Waals surface area contributed by atoms with Gasteiger partial charge in [-0.3, -0.25) is 0 Å². The molecule has 0 bridgehead atoms. The van der Waals surface area contributed by atoms with E-state index in [1.807, 2.05) is 13.8 Å². The van der Waals surface area contributed by atoms with Gasteiger partial charge < -0.3 is 4.74 Å². The second kappa shape index (κ2) is 5.84. The number of methoxy groups -OCH3 is 1. The Labute approximate surface area is 111 Å². The first-order valence-electron chi connectivity index (χ1n) is 5.26. The summed E-state index contributed by atoms with van der Waals surface area (Å²) < 4.78 is 32.4. The Bertz CT molecular complexity index is 487. The number of halogens is 1. The van der Waals surface area contributed by atoms with Crippen LogP contribution in [0.1, 0.15) is 20.3 Å². The quantitative estimate of drug-likeness (QED) is 0.906. The summed E-state index contributed by atoms with van der Waals surface area (Å²) in [5, 5.41) is 0.